The molecular weight excluding hydrogens is 174 g/mol. The van der Waals surface area contributed by atoms with Crippen molar-refractivity contribution in [2.75, 3.05) is 0 Å². The van der Waals surface area contributed by atoms with E-state index in [2.05, 4.69) is 15.0 Å². The summed E-state index contributed by atoms with van der Waals surface area (Å²) in [5.41, 5.74) is 1.82. The lowest BCUT2D eigenvalue weighted by Crippen LogP contribution is -1.79. The van der Waals surface area contributed by atoms with Crippen LogP contribution in [0.3, 0.4) is 0 Å². The molecule has 3 nitrogen and oxygen atoms in total. The van der Waals surface area contributed by atoms with E-state index in [9.17, 15) is 0 Å². The SMILES string of the molecule is CCc1nc2cc(Cl)ncc2[nH]1. The maximum absolute atomic E-state index is 5.71. The molecule has 12 heavy (non-hydrogen) atoms. The zero-order valence-corrected chi connectivity index (χ0v) is 7.39. The minimum absolute atomic E-state index is 0.483. The molecule has 4 heteroatoms. The summed E-state index contributed by atoms with van der Waals surface area (Å²) in [5.74, 6) is 0.967. The summed E-state index contributed by atoms with van der Waals surface area (Å²) >= 11 is 5.71. The highest BCUT2D eigenvalue weighted by atomic mass is 35.5. The van der Waals surface area contributed by atoms with E-state index in [1.54, 1.807) is 12.3 Å². The Morgan fingerprint density at radius 1 is 1.58 bits per heavy atom. The third-order valence-electron chi connectivity index (χ3n) is 1.72. The molecule has 0 aliphatic rings. The van der Waals surface area contributed by atoms with Crippen LogP contribution in [0.25, 0.3) is 11.0 Å². The van der Waals surface area contributed by atoms with Gasteiger partial charge >= 0.3 is 0 Å². The monoisotopic (exact) mass is 181 g/mol. The van der Waals surface area contributed by atoms with Gasteiger partial charge in [-0.15, -0.1) is 0 Å². The second-order valence-corrected chi connectivity index (χ2v) is 2.95. The highest BCUT2D eigenvalue weighted by Crippen LogP contribution is 2.14. The molecular formula is C8H8ClN3. The molecule has 62 valence electrons. The quantitative estimate of drug-likeness (QED) is 0.686. The van der Waals surface area contributed by atoms with Crippen molar-refractivity contribution in [1.29, 1.82) is 0 Å². The van der Waals surface area contributed by atoms with Crippen molar-refractivity contribution in [3.63, 3.8) is 0 Å². The van der Waals surface area contributed by atoms with Crippen molar-refractivity contribution < 1.29 is 0 Å². The first-order valence-electron chi connectivity index (χ1n) is 3.79. The van der Waals surface area contributed by atoms with Gasteiger partial charge < -0.3 is 4.98 Å². The number of fused-ring (bicyclic) bond motifs is 1. The maximum atomic E-state index is 5.71. The van der Waals surface area contributed by atoms with Crippen LogP contribution in [0.1, 0.15) is 12.7 Å². The average Bonchev–Trinajstić information content (AvgIpc) is 2.46. The van der Waals surface area contributed by atoms with Gasteiger partial charge in [0.25, 0.3) is 0 Å². The molecule has 0 saturated heterocycles. The van der Waals surface area contributed by atoms with Gasteiger partial charge in [-0.1, -0.05) is 18.5 Å². The summed E-state index contributed by atoms with van der Waals surface area (Å²) < 4.78 is 0. The van der Waals surface area contributed by atoms with E-state index in [1.807, 2.05) is 6.92 Å². The number of halogens is 1. The van der Waals surface area contributed by atoms with Crippen LogP contribution < -0.4 is 0 Å². The number of pyridine rings is 1. The highest BCUT2D eigenvalue weighted by molar-refractivity contribution is 6.29. The fourth-order valence-corrected chi connectivity index (χ4v) is 1.26. The standard InChI is InChI=1S/C8H8ClN3/c1-2-8-11-5-3-7(9)10-4-6(5)12-8/h3-4H,2H2,1H3,(H,11,12). The summed E-state index contributed by atoms with van der Waals surface area (Å²) in [7, 11) is 0. The van der Waals surface area contributed by atoms with Crippen LogP contribution in [0.5, 0.6) is 0 Å². The number of aromatic amines is 1. The Labute approximate surface area is 74.8 Å². The van der Waals surface area contributed by atoms with E-state index in [1.165, 1.54) is 0 Å². The number of nitrogens with one attached hydrogen (secondary N) is 1. The number of hydrogen-bond acceptors (Lipinski definition) is 2. The number of aryl methyl sites for hydroxylation is 1. The van der Waals surface area contributed by atoms with Gasteiger partial charge in [-0.3, -0.25) is 0 Å². The Bertz CT molecular complexity index is 408. The highest BCUT2D eigenvalue weighted by Gasteiger charge is 2.01. The molecule has 0 aliphatic heterocycles. The maximum Gasteiger partial charge on any atom is 0.131 e. The zero-order valence-electron chi connectivity index (χ0n) is 6.63. The van der Waals surface area contributed by atoms with Crippen molar-refractivity contribution in [3.8, 4) is 0 Å². The number of H-pyrrole nitrogens is 1. The lowest BCUT2D eigenvalue weighted by molar-refractivity contribution is 1.00. The molecule has 0 atom stereocenters. The van der Waals surface area contributed by atoms with Crippen LogP contribution in [-0.4, -0.2) is 15.0 Å². The van der Waals surface area contributed by atoms with Gasteiger partial charge in [-0.25, -0.2) is 9.97 Å². The summed E-state index contributed by atoms with van der Waals surface area (Å²) in [6.45, 7) is 2.05. The van der Waals surface area contributed by atoms with Crippen LogP contribution in [0.15, 0.2) is 12.3 Å². The number of imidazole rings is 1. The van der Waals surface area contributed by atoms with Crippen LogP contribution in [0.4, 0.5) is 0 Å². The van der Waals surface area contributed by atoms with E-state index >= 15 is 0 Å². The first-order chi connectivity index (χ1) is 5.79. The van der Waals surface area contributed by atoms with Crippen molar-refractivity contribution >= 4 is 22.6 Å². The van der Waals surface area contributed by atoms with Crippen LogP contribution in [0, 0.1) is 0 Å². The van der Waals surface area contributed by atoms with E-state index < -0.39 is 0 Å². The third-order valence-corrected chi connectivity index (χ3v) is 1.92. The van der Waals surface area contributed by atoms with E-state index in [-0.39, 0.29) is 0 Å². The Kier molecular flexibility index (Phi) is 1.73. The normalized spacial score (nSPS) is 10.8. The zero-order chi connectivity index (χ0) is 8.55. The van der Waals surface area contributed by atoms with E-state index in [0.717, 1.165) is 23.3 Å². The smallest absolute Gasteiger partial charge is 0.131 e. The Balaban J connectivity index is 2.67. The molecule has 0 spiro atoms. The summed E-state index contributed by atoms with van der Waals surface area (Å²) in [5, 5.41) is 0.483. The largest absolute Gasteiger partial charge is 0.341 e. The molecule has 0 saturated carbocycles. The van der Waals surface area contributed by atoms with Crippen LogP contribution >= 0.6 is 11.6 Å². The minimum atomic E-state index is 0.483. The molecule has 0 bridgehead atoms. The summed E-state index contributed by atoms with van der Waals surface area (Å²) in [6.07, 6.45) is 2.59. The first kappa shape index (κ1) is 7.55. The van der Waals surface area contributed by atoms with Gasteiger partial charge in [0.1, 0.15) is 11.0 Å². The molecule has 2 rings (SSSR count). The lowest BCUT2D eigenvalue weighted by atomic mass is 10.4. The molecule has 2 heterocycles. The first-order valence-corrected chi connectivity index (χ1v) is 4.17. The Hall–Kier alpha value is -1.09. The molecule has 0 fully saturated rings. The number of hydrogen-bond donors (Lipinski definition) is 1. The predicted octanol–water partition coefficient (Wildman–Crippen LogP) is 2.17. The number of rotatable bonds is 1. The molecule has 2 aromatic heterocycles. The second-order valence-electron chi connectivity index (χ2n) is 2.56. The van der Waals surface area contributed by atoms with Gasteiger partial charge in [-0.05, 0) is 0 Å². The average molecular weight is 182 g/mol. The van der Waals surface area contributed by atoms with E-state index in [0.29, 0.717) is 5.15 Å². The minimum Gasteiger partial charge on any atom is -0.341 e. The van der Waals surface area contributed by atoms with Gasteiger partial charge in [0, 0.05) is 12.5 Å². The summed E-state index contributed by atoms with van der Waals surface area (Å²) in [4.78, 5) is 11.4. The lowest BCUT2D eigenvalue weighted by Gasteiger charge is -1.86. The second kappa shape index (κ2) is 2.75. The van der Waals surface area contributed by atoms with Crippen molar-refractivity contribution in [2.45, 2.75) is 13.3 Å². The van der Waals surface area contributed by atoms with Crippen molar-refractivity contribution in [1.82, 2.24) is 15.0 Å². The molecule has 1 N–H and O–H groups in total. The predicted molar refractivity (Wildman–Crippen MR) is 48.3 cm³/mol. The van der Waals surface area contributed by atoms with Crippen LogP contribution in [-0.2, 0) is 6.42 Å². The topological polar surface area (TPSA) is 41.6 Å². The third kappa shape index (κ3) is 1.16. The van der Waals surface area contributed by atoms with Crippen molar-refractivity contribution in [2.24, 2.45) is 0 Å². The summed E-state index contributed by atoms with van der Waals surface area (Å²) in [6, 6.07) is 1.76. The molecule has 0 unspecified atom stereocenters. The van der Waals surface area contributed by atoms with Gasteiger partial charge in [0.15, 0.2) is 0 Å². The fraction of sp³-hybridized carbons (Fsp3) is 0.250. The molecule has 0 radical (unpaired) electrons. The van der Waals surface area contributed by atoms with Crippen molar-refractivity contribution in [3.05, 3.63) is 23.2 Å². The number of nitrogens with zero attached hydrogens (tertiary/aromatic N) is 2. The van der Waals surface area contributed by atoms with Crippen LogP contribution in [0.2, 0.25) is 5.15 Å². The van der Waals surface area contributed by atoms with Gasteiger partial charge in [0.05, 0.1) is 17.2 Å². The Morgan fingerprint density at radius 2 is 2.42 bits per heavy atom. The number of aromatic nitrogens is 3. The van der Waals surface area contributed by atoms with Gasteiger partial charge in [0.2, 0.25) is 0 Å². The Morgan fingerprint density at radius 3 is 3.17 bits per heavy atom. The van der Waals surface area contributed by atoms with Gasteiger partial charge in [-0.2, -0.15) is 0 Å². The molecule has 0 aromatic carbocycles. The molecule has 2 aromatic rings. The van der Waals surface area contributed by atoms with E-state index in [4.69, 9.17) is 11.6 Å². The molecule has 0 amide bonds. The molecule has 0 aliphatic carbocycles. The fourth-order valence-electron chi connectivity index (χ4n) is 1.11.